The van der Waals surface area contributed by atoms with Crippen LogP contribution in [0.2, 0.25) is 18.1 Å². The highest BCUT2D eigenvalue weighted by molar-refractivity contribution is 9.10. The zero-order valence-electron chi connectivity index (χ0n) is 19.4. The standard InChI is InChI=1S/C25H37BrO3Si/c1-22(2,3)30(5,6)28-21-8-7-20-23(21,4)10-9-16-13-17-14-19(27)18(26)15-24(17)11-12-25(16,20)29-24/h13-14,18,20-21H,7-12,15H2,1-6H3/t18-,20-,21+,23+,24-,25-/m1/s1. The number of ether oxygens (including phenoxy) is 1. The van der Waals surface area contributed by atoms with Crippen LogP contribution >= 0.6 is 15.9 Å². The lowest BCUT2D eigenvalue weighted by Gasteiger charge is -2.55. The largest absolute Gasteiger partial charge is 0.413 e. The first-order valence-electron chi connectivity index (χ1n) is 11.8. The third-order valence-electron chi connectivity index (χ3n) is 9.78. The third-order valence-corrected chi connectivity index (χ3v) is 15.0. The molecule has 0 aromatic carbocycles. The molecule has 6 atom stereocenters. The minimum atomic E-state index is -1.82. The highest BCUT2D eigenvalue weighted by Gasteiger charge is 2.68. The van der Waals surface area contributed by atoms with Gasteiger partial charge < -0.3 is 9.16 Å². The van der Waals surface area contributed by atoms with E-state index in [0.29, 0.717) is 12.0 Å². The Hall–Kier alpha value is -0.233. The molecule has 3 aliphatic carbocycles. The fourth-order valence-electron chi connectivity index (χ4n) is 6.96. The number of carbonyl (C=O) groups excluding carboxylic acids is 1. The van der Waals surface area contributed by atoms with Crippen LogP contribution in [0.5, 0.6) is 0 Å². The first-order chi connectivity index (χ1) is 13.8. The van der Waals surface area contributed by atoms with Crippen molar-refractivity contribution in [3.05, 3.63) is 23.3 Å². The molecule has 0 N–H and O–H groups in total. The van der Waals surface area contributed by atoms with E-state index in [-0.39, 0.29) is 32.3 Å². The first kappa shape index (κ1) is 21.6. The first-order valence-corrected chi connectivity index (χ1v) is 15.6. The van der Waals surface area contributed by atoms with E-state index in [2.05, 4.69) is 62.8 Å². The molecule has 3 fully saturated rings. The third kappa shape index (κ3) is 2.77. The van der Waals surface area contributed by atoms with Gasteiger partial charge in [0.2, 0.25) is 0 Å². The fourth-order valence-corrected chi connectivity index (χ4v) is 9.07. The lowest BCUT2D eigenvalue weighted by molar-refractivity contribution is -0.150. The molecule has 2 heterocycles. The molecule has 5 aliphatic rings. The van der Waals surface area contributed by atoms with E-state index >= 15 is 0 Å². The van der Waals surface area contributed by atoms with Crippen LogP contribution in [-0.4, -0.2) is 36.2 Å². The molecule has 3 nitrogen and oxygen atoms in total. The van der Waals surface area contributed by atoms with Crippen molar-refractivity contribution in [3.63, 3.8) is 0 Å². The molecule has 1 saturated heterocycles. The average molecular weight is 494 g/mol. The maximum atomic E-state index is 12.3. The average Bonchev–Trinajstić information content (AvgIpc) is 3.12. The Bertz CT molecular complexity index is 855. The van der Waals surface area contributed by atoms with Gasteiger partial charge in [0.15, 0.2) is 14.1 Å². The Kier molecular flexibility index (Phi) is 4.62. The highest BCUT2D eigenvalue weighted by atomic mass is 79.9. The van der Waals surface area contributed by atoms with Crippen molar-refractivity contribution in [2.75, 3.05) is 0 Å². The number of rotatable bonds is 2. The van der Waals surface area contributed by atoms with Crippen LogP contribution in [0.1, 0.15) is 72.6 Å². The van der Waals surface area contributed by atoms with Gasteiger partial charge in [0, 0.05) is 6.42 Å². The molecule has 166 valence electrons. The summed E-state index contributed by atoms with van der Waals surface area (Å²) in [7, 11) is -1.82. The number of allylic oxidation sites excluding steroid dienone is 1. The number of hydrogen-bond donors (Lipinski definition) is 0. The Morgan fingerprint density at radius 1 is 1.17 bits per heavy atom. The predicted molar refractivity (Wildman–Crippen MR) is 126 cm³/mol. The Morgan fingerprint density at radius 2 is 1.90 bits per heavy atom. The predicted octanol–water partition coefficient (Wildman–Crippen LogP) is 6.48. The van der Waals surface area contributed by atoms with Gasteiger partial charge in [-0.3, -0.25) is 4.79 Å². The van der Waals surface area contributed by atoms with Crippen LogP contribution in [-0.2, 0) is 14.0 Å². The van der Waals surface area contributed by atoms with Gasteiger partial charge in [-0.1, -0.05) is 49.7 Å². The van der Waals surface area contributed by atoms with E-state index in [1.54, 1.807) is 0 Å². The zero-order valence-corrected chi connectivity index (χ0v) is 22.0. The van der Waals surface area contributed by atoms with E-state index < -0.39 is 8.32 Å². The summed E-state index contributed by atoms with van der Waals surface area (Å²) in [5, 5.41) is 0.234. The summed E-state index contributed by atoms with van der Waals surface area (Å²) in [6.07, 6.45) is 12.1. The SMILES string of the molecule is CC(C)(C)[Si](C)(C)O[C@H]1CC[C@@H]2[C@]1(C)CCC1=CC3=CC(=O)[C@H](Br)C[C@]34CC[C@@]12O4. The van der Waals surface area contributed by atoms with Gasteiger partial charge >= 0.3 is 0 Å². The molecule has 5 rings (SSSR count). The molecule has 30 heavy (non-hydrogen) atoms. The topological polar surface area (TPSA) is 35.5 Å². The van der Waals surface area contributed by atoms with Crippen molar-refractivity contribution < 1.29 is 14.0 Å². The van der Waals surface area contributed by atoms with Crippen LogP contribution in [0.3, 0.4) is 0 Å². The molecule has 2 aliphatic heterocycles. The van der Waals surface area contributed by atoms with Crippen LogP contribution in [0.25, 0.3) is 0 Å². The van der Waals surface area contributed by atoms with E-state index in [9.17, 15) is 4.79 Å². The van der Waals surface area contributed by atoms with E-state index in [4.69, 9.17) is 9.16 Å². The Balaban J connectivity index is 1.50. The van der Waals surface area contributed by atoms with Crippen molar-refractivity contribution in [1.82, 2.24) is 0 Å². The van der Waals surface area contributed by atoms with E-state index in [1.807, 2.05) is 6.08 Å². The van der Waals surface area contributed by atoms with Crippen molar-refractivity contribution in [1.29, 1.82) is 0 Å². The molecule has 0 aromatic heterocycles. The highest BCUT2D eigenvalue weighted by Crippen LogP contribution is 2.68. The van der Waals surface area contributed by atoms with Crippen molar-refractivity contribution >= 4 is 30.0 Å². The molecule has 0 aromatic rings. The van der Waals surface area contributed by atoms with Gasteiger partial charge in [0.05, 0.1) is 22.1 Å². The van der Waals surface area contributed by atoms with Gasteiger partial charge in [-0.2, -0.15) is 0 Å². The maximum absolute atomic E-state index is 12.3. The number of ketones is 1. The summed E-state index contributed by atoms with van der Waals surface area (Å²) in [5.74, 6) is 0.715. The lowest BCUT2D eigenvalue weighted by Crippen LogP contribution is -2.57. The smallest absolute Gasteiger partial charge is 0.192 e. The second-order valence-electron chi connectivity index (χ2n) is 12.3. The Morgan fingerprint density at radius 3 is 2.60 bits per heavy atom. The summed E-state index contributed by atoms with van der Waals surface area (Å²) < 4.78 is 14.2. The lowest BCUT2D eigenvalue weighted by atomic mass is 9.58. The van der Waals surface area contributed by atoms with Crippen molar-refractivity contribution in [2.24, 2.45) is 11.3 Å². The maximum Gasteiger partial charge on any atom is 0.192 e. The number of alkyl halides is 1. The number of carbonyl (C=O) groups is 1. The van der Waals surface area contributed by atoms with Gasteiger partial charge in [-0.15, -0.1) is 0 Å². The second kappa shape index (κ2) is 6.42. The van der Waals surface area contributed by atoms with Crippen molar-refractivity contribution in [3.8, 4) is 0 Å². The van der Waals surface area contributed by atoms with Crippen LogP contribution in [0.4, 0.5) is 0 Å². The second-order valence-corrected chi connectivity index (χ2v) is 18.2. The minimum Gasteiger partial charge on any atom is -0.413 e. The summed E-state index contributed by atoms with van der Waals surface area (Å²) in [4.78, 5) is 12.2. The van der Waals surface area contributed by atoms with Gasteiger partial charge in [-0.25, -0.2) is 0 Å². The van der Waals surface area contributed by atoms with Gasteiger partial charge in [-0.05, 0) is 85.2 Å². The zero-order chi connectivity index (χ0) is 21.7. The molecule has 2 saturated carbocycles. The molecule has 5 heteroatoms. The monoisotopic (exact) mass is 492 g/mol. The molecular formula is C25H37BrO3Si. The minimum absolute atomic E-state index is 0.112. The fraction of sp³-hybridized carbons (Fsp3) is 0.800. The quantitative estimate of drug-likeness (QED) is 0.326. The Labute approximate surface area is 191 Å². The van der Waals surface area contributed by atoms with Crippen LogP contribution < -0.4 is 0 Å². The van der Waals surface area contributed by atoms with Crippen LogP contribution in [0, 0.1) is 11.3 Å². The summed E-state index contributed by atoms with van der Waals surface area (Å²) >= 11 is 3.61. The van der Waals surface area contributed by atoms with E-state index in [0.717, 1.165) is 37.7 Å². The molecule has 0 radical (unpaired) electrons. The van der Waals surface area contributed by atoms with E-state index in [1.165, 1.54) is 18.4 Å². The molecular weight excluding hydrogens is 456 g/mol. The number of fused-ring (bicyclic) bond motifs is 1. The molecule has 0 unspecified atom stereocenters. The van der Waals surface area contributed by atoms with Gasteiger partial charge in [0.1, 0.15) is 0 Å². The van der Waals surface area contributed by atoms with Gasteiger partial charge in [0.25, 0.3) is 0 Å². The summed E-state index contributed by atoms with van der Waals surface area (Å²) in [6.45, 7) is 14.3. The van der Waals surface area contributed by atoms with Crippen LogP contribution in [0.15, 0.2) is 23.3 Å². The molecule has 2 bridgehead atoms. The summed E-state index contributed by atoms with van der Waals surface area (Å²) in [5.41, 5.74) is 2.38. The number of hydrogen-bond acceptors (Lipinski definition) is 3. The van der Waals surface area contributed by atoms with Crippen molar-refractivity contribution in [2.45, 2.75) is 113 Å². The summed E-state index contributed by atoms with van der Waals surface area (Å²) in [6, 6.07) is 0. The molecule has 2 spiro atoms. The molecule has 0 amide bonds. The number of halogens is 1. The normalized spacial score (nSPS) is 45.4.